The molecule has 1 saturated heterocycles. The largest absolute Gasteiger partial charge is 0.465 e. The lowest BCUT2D eigenvalue weighted by Gasteiger charge is -2.39. The van der Waals surface area contributed by atoms with Gasteiger partial charge >= 0.3 is 6.09 Å². The molecule has 3 nitrogen and oxygen atoms in total. The zero-order valence-corrected chi connectivity index (χ0v) is 9.21. The normalized spacial score (nSPS) is 39.9. The number of rotatable bonds is 0. The molecule has 3 heteroatoms. The number of carbonyl (C=O) groups is 1. The summed E-state index contributed by atoms with van der Waals surface area (Å²) in [7, 11) is 0. The number of nitrogens with zero attached hydrogens (tertiary/aromatic N) is 1. The van der Waals surface area contributed by atoms with Crippen LogP contribution in [0.3, 0.4) is 0 Å². The standard InChI is InChI=1S/C11H19NO2/c1-10(2)4-8-5-11(3,6-10)7-12(8)9(13)14/h8H,4-7H2,1-3H3,(H,13,14). The Hall–Kier alpha value is -0.730. The summed E-state index contributed by atoms with van der Waals surface area (Å²) < 4.78 is 0. The monoisotopic (exact) mass is 197 g/mol. The number of hydrogen-bond acceptors (Lipinski definition) is 1. The average molecular weight is 197 g/mol. The zero-order chi connectivity index (χ0) is 10.6. The lowest BCUT2D eigenvalue weighted by Crippen LogP contribution is -2.36. The minimum absolute atomic E-state index is 0.227. The van der Waals surface area contributed by atoms with Crippen LogP contribution in [-0.2, 0) is 0 Å². The molecule has 1 saturated carbocycles. The molecule has 14 heavy (non-hydrogen) atoms. The first kappa shape index (κ1) is 9.81. The third-order valence-corrected chi connectivity index (χ3v) is 3.66. The first-order valence-corrected chi connectivity index (χ1v) is 5.31. The Labute approximate surface area is 85.1 Å². The zero-order valence-electron chi connectivity index (χ0n) is 9.21. The Morgan fingerprint density at radius 3 is 2.57 bits per heavy atom. The number of hydrogen-bond donors (Lipinski definition) is 1. The van der Waals surface area contributed by atoms with Crippen LogP contribution in [0.2, 0.25) is 0 Å². The molecule has 0 aromatic rings. The molecule has 0 aromatic carbocycles. The number of fused-ring (bicyclic) bond motifs is 2. The van der Waals surface area contributed by atoms with Crippen molar-refractivity contribution < 1.29 is 9.90 Å². The van der Waals surface area contributed by atoms with Crippen LogP contribution in [0.25, 0.3) is 0 Å². The van der Waals surface area contributed by atoms with E-state index in [1.165, 1.54) is 0 Å². The fraction of sp³-hybridized carbons (Fsp3) is 0.909. The Morgan fingerprint density at radius 1 is 1.36 bits per heavy atom. The molecule has 2 fully saturated rings. The van der Waals surface area contributed by atoms with E-state index >= 15 is 0 Å². The molecule has 2 bridgehead atoms. The summed E-state index contributed by atoms with van der Waals surface area (Å²) in [4.78, 5) is 12.7. The van der Waals surface area contributed by atoms with Crippen LogP contribution in [0, 0.1) is 10.8 Å². The van der Waals surface area contributed by atoms with Crippen molar-refractivity contribution in [2.24, 2.45) is 10.8 Å². The van der Waals surface area contributed by atoms with Crippen LogP contribution in [0.1, 0.15) is 40.0 Å². The van der Waals surface area contributed by atoms with Crippen molar-refractivity contribution in [2.75, 3.05) is 6.54 Å². The van der Waals surface area contributed by atoms with Gasteiger partial charge in [0, 0.05) is 12.6 Å². The SMILES string of the molecule is CC1(C)CC2CC(C)(CN2C(=O)O)C1. The summed E-state index contributed by atoms with van der Waals surface area (Å²) in [6.45, 7) is 7.46. The molecule has 1 aliphatic heterocycles. The van der Waals surface area contributed by atoms with Crippen molar-refractivity contribution in [3.63, 3.8) is 0 Å². The highest BCUT2D eigenvalue weighted by Crippen LogP contribution is 2.52. The van der Waals surface area contributed by atoms with E-state index in [1.54, 1.807) is 4.90 Å². The van der Waals surface area contributed by atoms with Gasteiger partial charge in [-0.1, -0.05) is 20.8 Å². The third-order valence-electron chi connectivity index (χ3n) is 3.66. The van der Waals surface area contributed by atoms with Gasteiger partial charge in [-0.2, -0.15) is 0 Å². The third kappa shape index (κ3) is 1.49. The number of likely N-dealkylation sites (tertiary alicyclic amines) is 1. The summed E-state index contributed by atoms with van der Waals surface area (Å²) in [5.41, 5.74) is 0.534. The molecular weight excluding hydrogens is 178 g/mol. The molecule has 1 heterocycles. The van der Waals surface area contributed by atoms with Crippen LogP contribution in [0.15, 0.2) is 0 Å². The van der Waals surface area contributed by atoms with E-state index in [1.807, 2.05) is 0 Å². The van der Waals surface area contributed by atoms with Gasteiger partial charge in [-0.3, -0.25) is 0 Å². The van der Waals surface area contributed by atoms with Crippen molar-refractivity contribution in [3.8, 4) is 0 Å². The van der Waals surface area contributed by atoms with E-state index in [0.717, 1.165) is 25.8 Å². The number of carboxylic acid groups (broad SMARTS) is 1. The summed E-state index contributed by atoms with van der Waals surface area (Å²) in [5.74, 6) is 0. The molecule has 2 rings (SSSR count). The Bertz CT molecular complexity index is 274. The van der Waals surface area contributed by atoms with Crippen molar-refractivity contribution in [2.45, 2.75) is 46.1 Å². The maximum absolute atomic E-state index is 11.0. The lowest BCUT2D eigenvalue weighted by atomic mass is 9.65. The van der Waals surface area contributed by atoms with Crippen LogP contribution >= 0.6 is 0 Å². The molecule has 2 aliphatic rings. The highest BCUT2D eigenvalue weighted by molar-refractivity contribution is 5.66. The predicted molar refractivity (Wildman–Crippen MR) is 54.3 cm³/mol. The van der Waals surface area contributed by atoms with E-state index in [2.05, 4.69) is 20.8 Å². The minimum Gasteiger partial charge on any atom is -0.465 e. The first-order chi connectivity index (χ1) is 6.31. The van der Waals surface area contributed by atoms with Crippen LogP contribution in [0.5, 0.6) is 0 Å². The Kier molecular flexibility index (Phi) is 1.85. The number of amides is 1. The van der Waals surface area contributed by atoms with Crippen molar-refractivity contribution in [1.82, 2.24) is 4.90 Å². The van der Waals surface area contributed by atoms with Gasteiger partial charge in [-0.05, 0) is 30.1 Å². The van der Waals surface area contributed by atoms with Gasteiger partial charge in [0.25, 0.3) is 0 Å². The van der Waals surface area contributed by atoms with Crippen molar-refractivity contribution >= 4 is 6.09 Å². The fourth-order valence-electron chi connectivity index (χ4n) is 3.68. The summed E-state index contributed by atoms with van der Waals surface area (Å²) in [6, 6.07) is 0.265. The smallest absolute Gasteiger partial charge is 0.407 e. The average Bonchev–Trinajstić information content (AvgIpc) is 2.19. The van der Waals surface area contributed by atoms with Crippen molar-refractivity contribution in [3.05, 3.63) is 0 Å². The maximum Gasteiger partial charge on any atom is 0.407 e. The van der Waals surface area contributed by atoms with E-state index in [-0.39, 0.29) is 11.5 Å². The second-order valence-corrected chi connectivity index (χ2v) is 6.12. The van der Waals surface area contributed by atoms with Gasteiger partial charge in [-0.25, -0.2) is 4.79 Å². The van der Waals surface area contributed by atoms with Gasteiger partial charge < -0.3 is 10.0 Å². The van der Waals surface area contributed by atoms with Gasteiger partial charge in [0.05, 0.1) is 0 Å². The van der Waals surface area contributed by atoms with Gasteiger partial charge in [0.2, 0.25) is 0 Å². The first-order valence-electron chi connectivity index (χ1n) is 5.31. The van der Waals surface area contributed by atoms with Crippen molar-refractivity contribution in [1.29, 1.82) is 0 Å². The topological polar surface area (TPSA) is 40.5 Å². The summed E-state index contributed by atoms with van der Waals surface area (Å²) >= 11 is 0. The molecule has 1 aliphatic carbocycles. The van der Waals surface area contributed by atoms with Crippen LogP contribution in [0.4, 0.5) is 4.79 Å². The van der Waals surface area contributed by atoms with Crippen LogP contribution < -0.4 is 0 Å². The molecule has 80 valence electrons. The van der Waals surface area contributed by atoms with Gasteiger partial charge in [0.15, 0.2) is 0 Å². The molecule has 0 spiro atoms. The molecule has 2 unspecified atom stereocenters. The summed E-state index contributed by atoms with van der Waals surface area (Å²) in [6.07, 6.45) is 2.49. The van der Waals surface area contributed by atoms with E-state index in [9.17, 15) is 4.79 Å². The minimum atomic E-state index is -0.739. The molecule has 2 atom stereocenters. The maximum atomic E-state index is 11.0. The lowest BCUT2D eigenvalue weighted by molar-refractivity contribution is 0.118. The molecular formula is C11H19NO2. The molecule has 0 aromatic heterocycles. The molecule has 1 amide bonds. The highest BCUT2D eigenvalue weighted by atomic mass is 16.4. The Morgan fingerprint density at radius 2 is 2.00 bits per heavy atom. The van der Waals surface area contributed by atoms with E-state index < -0.39 is 6.09 Å². The van der Waals surface area contributed by atoms with E-state index in [0.29, 0.717) is 5.41 Å². The van der Waals surface area contributed by atoms with Crippen LogP contribution in [-0.4, -0.2) is 28.7 Å². The molecule has 0 radical (unpaired) electrons. The summed E-state index contributed by atoms with van der Waals surface area (Å²) in [5, 5.41) is 9.07. The quantitative estimate of drug-likeness (QED) is 0.648. The van der Waals surface area contributed by atoms with Gasteiger partial charge in [-0.15, -0.1) is 0 Å². The second kappa shape index (κ2) is 2.65. The molecule has 1 N–H and O–H groups in total. The predicted octanol–water partition coefficient (Wildman–Crippen LogP) is 2.57. The van der Waals surface area contributed by atoms with E-state index in [4.69, 9.17) is 5.11 Å². The fourth-order valence-corrected chi connectivity index (χ4v) is 3.68. The Balaban J connectivity index is 2.23. The van der Waals surface area contributed by atoms with Gasteiger partial charge in [0.1, 0.15) is 0 Å². The second-order valence-electron chi connectivity index (χ2n) is 6.12. The highest BCUT2D eigenvalue weighted by Gasteiger charge is 2.51.